The first-order valence-electron chi connectivity index (χ1n) is 8.38. The van der Waals surface area contributed by atoms with E-state index < -0.39 is 17.8 Å². The van der Waals surface area contributed by atoms with Gasteiger partial charge in [0.1, 0.15) is 5.82 Å². The van der Waals surface area contributed by atoms with Gasteiger partial charge < -0.3 is 15.3 Å². The molecular weight excluding hydrogens is 311 g/mol. The molecule has 6 heteroatoms. The molecule has 0 saturated carbocycles. The molecule has 1 saturated heterocycles. The van der Waals surface area contributed by atoms with Gasteiger partial charge in [-0.15, -0.1) is 0 Å². The molecule has 1 heterocycles. The lowest BCUT2D eigenvalue weighted by Gasteiger charge is -2.34. The Labute approximate surface area is 141 Å². The highest BCUT2D eigenvalue weighted by Crippen LogP contribution is 2.22. The molecule has 1 aliphatic rings. The van der Waals surface area contributed by atoms with Gasteiger partial charge in [-0.05, 0) is 63.4 Å². The number of hydrogen-bond donors (Lipinski definition) is 2. The van der Waals surface area contributed by atoms with Gasteiger partial charge in [0, 0.05) is 12.5 Å². The van der Waals surface area contributed by atoms with E-state index in [0.29, 0.717) is 12.5 Å². The Balaban J connectivity index is 1.91. The van der Waals surface area contributed by atoms with Crippen LogP contribution >= 0.6 is 0 Å². The summed E-state index contributed by atoms with van der Waals surface area (Å²) in [6.45, 7) is 6.23. The number of likely N-dealkylation sites (tertiary alicyclic amines) is 1. The minimum absolute atomic E-state index is 0.241. The van der Waals surface area contributed by atoms with E-state index in [0.717, 1.165) is 32.0 Å². The quantitative estimate of drug-likeness (QED) is 0.838. The number of benzene rings is 1. The number of aliphatic carboxylic acids is 1. The summed E-state index contributed by atoms with van der Waals surface area (Å²) >= 11 is 0. The molecule has 0 unspecified atom stereocenters. The van der Waals surface area contributed by atoms with Crippen LogP contribution in [0.4, 0.5) is 4.39 Å². The second-order valence-corrected chi connectivity index (χ2v) is 6.67. The zero-order valence-electron chi connectivity index (χ0n) is 14.2. The van der Waals surface area contributed by atoms with Crippen molar-refractivity contribution in [2.75, 3.05) is 13.1 Å². The van der Waals surface area contributed by atoms with Gasteiger partial charge in [0.25, 0.3) is 0 Å². The monoisotopic (exact) mass is 336 g/mol. The zero-order chi connectivity index (χ0) is 17.7. The van der Waals surface area contributed by atoms with Crippen LogP contribution in [0.25, 0.3) is 0 Å². The number of carbonyl (C=O) groups is 2. The van der Waals surface area contributed by atoms with E-state index in [4.69, 9.17) is 0 Å². The van der Waals surface area contributed by atoms with Crippen molar-refractivity contribution in [3.63, 3.8) is 0 Å². The minimum atomic E-state index is -1.22. The number of carboxylic acid groups (broad SMARTS) is 1. The lowest BCUT2D eigenvalue weighted by Crippen LogP contribution is -2.40. The number of nitrogens with one attached hydrogen (secondary N) is 1. The molecule has 24 heavy (non-hydrogen) atoms. The lowest BCUT2D eigenvalue weighted by molar-refractivity contribution is -0.142. The molecular formula is C18H25FN2O3. The van der Waals surface area contributed by atoms with Crippen LogP contribution in [0.5, 0.6) is 0 Å². The Morgan fingerprint density at radius 3 is 2.54 bits per heavy atom. The number of carbonyl (C=O) groups excluding carboxylic acids is 1. The van der Waals surface area contributed by atoms with E-state index in [1.807, 2.05) is 0 Å². The molecule has 0 spiro atoms. The van der Waals surface area contributed by atoms with Crippen molar-refractivity contribution in [1.29, 1.82) is 0 Å². The first-order valence-corrected chi connectivity index (χ1v) is 8.38. The molecule has 0 aliphatic carbocycles. The highest BCUT2D eigenvalue weighted by molar-refractivity contribution is 5.84. The predicted molar refractivity (Wildman–Crippen MR) is 89.0 cm³/mol. The summed E-state index contributed by atoms with van der Waals surface area (Å²) in [6.07, 6.45) is 2.18. The van der Waals surface area contributed by atoms with Crippen LogP contribution in [0.3, 0.4) is 0 Å². The molecule has 1 aromatic rings. The standard InChI is InChI=1S/C18H25FN2O3/c1-12(2)21-8-6-13(7-9-21)10-16(22)20-17(18(23)24)14-4-3-5-15(19)11-14/h3-5,11-13,17H,6-10H2,1-2H3,(H,20,22)(H,23,24)/t17-/m1/s1. The third-order valence-corrected chi connectivity index (χ3v) is 4.59. The van der Waals surface area contributed by atoms with Crippen molar-refractivity contribution >= 4 is 11.9 Å². The number of hydrogen-bond acceptors (Lipinski definition) is 3. The molecule has 1 aromatic carbocycles. The number of carboxylic acids is 1. The fourth-order valence-corrected chi connectivity index (χ4v) is 3.13. The smallest absolute Gasteiger partial charge is 0.330 e. The van der Waals surface area contributed by atoms with Gasteiger partial charge in [0.15, 0.2) is 6.04 Å². The normalized spacial score (nSPS) is 17.7. The molecule has 1 fully saturated rings. The second-order valence-electron chi connectivity index (χ2n) is 6.67. The number of rotatable bonds is 6. The van der Waals surface area contributed by atoms with Gasteiger partial charge in [-0.1, -0.05) is 12.1 Å². The van der Waals surface area contributed by atoms with E-state index in [1.54, 1.807) is 0 Å². The van der Waals surface area contributed by atoms with E-state index in [9.17, 15) is 19.1 Å². The average Bonchev–Trinajstić information content (AvgIpc) is 2.52. The van der Waals surface area contributed by atoms with E-state index >= 15 is 0 Å². The highest BCUT2D eigenvalue weighted by atomic mass is 19.1. The molecule has 1 atom stereocenters. The van der Waals surface area contributed by atoms with E-state index in [-0.39, 0.29) is 17.4 Å². The summed E-state index contributed by atoms with van der Waals surface area (Å²) in [7, 11) is 0. The number of piperidine rings is 1. The molecule has 0 radical (unpaired) electrons. The Bertz CT molecular complexity index is 583. The van der Waals surface area contributed by atoms with Crippen molar-refractivity contribution in [1.82, 2.24) is 10.2 Å². The first-order chi connectivity index (χ1) is 11.4. The maximum atomic E-state index is 13.3. The van der Waals surface area contributed by atoms with Crippen LogP contribution in [0.2, 0.25) is 0 Å². The Hall–Kier alpha value is -1.95. The fourth-order valence-electron chi connectivity index (χ4n) is 3.13. The summed E-state index contributed by atoms with van der Waals surface area (Å²) in [4.78, 5) is 26.0. The molecule has 1 amide bonds. The van der Waals surface area contributed by atoms with Crippen molar-refractivity contribution < 1.29 is 19.1 Å². The van der Waals surface area contributed by atoms with Crippen LogP contribution < -0.4 is 5.32 Å². The number of amides is 1. The summed E-state index contributed by atoms with van der Waals surface area (Å²) in [5, 5.41) is 11.8. The Kier molecular flexibility index (Phi) is 6.31. The summed E-state index contributed by atoms with van der Waals surface area (Å²) in [5.41, 5.74) is 0.241. The second kappa shape index (κ2) is 8.24. The third-order valence-electron chi connectivity index (χ3n) is 4.59. The molecule has 2 rings (SSSR count). The van der Waals surface area contributed by atoms with Crippen molar-refractivity contribution in [3.05, 3.63) is 35.6 Å². The molecule has 5 nitrogen and oxygen atoms in total. The van der Waals surface area contributed by atoms with Crippen molar-refractivity contribution in [2.24, 2.45) is 5.92 Å². The minimum Gasteiger partial charge on any atom is -0.479 e. The number of nitrogens with zero attached hydrogens (tertiary/aromatic N) is 1. The van der Waals surface area contributed by atoms with Crippen LogP contribution in [-0.4, -0.2) is 41.0 Å². The van der Waals surface area contributed by atoms with Gasteiger partial charge in [-0.25, -0.2) is 9.18 Å². The molecule has 132 valence electrons. The molecule has 0 bridgehead atoms. The van der Waals surface area contributed by atoms with Gasteiger partial charge >= 0.3 is 5.97 Å². The third kappa shape index (κ3) is 5.03. The predicted octanol–water partition coefficient (Wildman–Crippen LogP) is 2.58. The summed E-state index contributed by atoms with van der Waals surface area (Å²) < 4.78 is 13.3. The Morgan fingerprint density at radius 1 is 1.33 bits per heavy atom. The van der Waals surface area contributed by atoms with Gasteiger partial charge in [-0.2, -0.15) is 0 Å². The fraction of sp³-hybridized carbons (Fsp3) is 0.556. The van der Waals surface area contributed by atoms with E-state index in [2.05, 4.69) is 24.1 Å². The van der Waals surface area contributed by atoms with Gasteiger partial charge in [0.2, 0.25) is 5.91 Å². The van der Waals surface area contributed by atoms with Crippen LogP contribution in [-0.2, 0) is 9.59 Å². The van der Waals surface area contributed by atoms with Gasteiger partial charge in [0.05, 0.1) is 0 Å². The summed E-state index contributed by atoms with van der Waals surface area (Å²) in [5.74, 6) is -1.74. The molecule has 1 aliphatic heterocycles. The van der Waals surface area contributed by atoms with E-state index in [1.165, 1.54) is 18.2 Å². The molecule has 2 N–H and O–H groups in total. The van der Waals surface area contributed by atoms with Crippen molar-refractivity contribution in [3.8, 4) is 0 Å². The highest BCUT2D eigenvalue weighted by Gasteiger charge is 2.26. The van der Waals surface area contributed by atoms with Gasteiger partial charge in [-0.3, -0.25) is 4.79 Å². The van der Waals surface area contributed by atoms with Crippen LogP contribution in [0, 0.1) is 11.7 Å². The maximum absolute atomic E-state index is 13.3. The molecule has 0 aromatic heterocycles. The topological polar surface area (TPSA) is 69.6 Å². The number of halogens is 1. The van der Waals surface area contributed by atoms with Crippen LogP contribution in [0.15, 0.2) is 24.3 Å². The van der Waals surface area contributed by atoms with Crippen molar-refractivity contribution in [2.45, 2.75) is 45.2 Å². The summed E-state index contributed by atoms with van der Waals surface area (Å²) in [6, 6.07) is 4.61. The zero-order valence-corrected chi connectivity index (χ0v) is 14.2. The maximum Gasteiger partial charge on any atom is 0.330 e. The SMILES string of the molecule is CC(C)N1CCC(CC(=O)N[C@@H](C(=O)O)c2cccc(F)c2)CC1. The Morgan fingerprint density at radius 2 is 2.00 bits per heavy atom. The average molecular weight is 336 g/mol. The lowest BCUT2D eigenvalue weighted by atomic mass is 9.92. The largest absolute Gasteiger partial charge is 0.479 e. The van der Waals surface area contributed by atoms with Crippen LogP contribution in [0.1, 0.15) is 44.7 Å². The first kappa shape index (κ1) is 18.4.